The molecule has 1 amide bonds. The second-order valence-corrected chi connectivity index (χ2v) is 5.81. The van der Waals surface area contributed by atoms with Gasteiger partial charge < -0.3 is 10.7 Å². The molecule has 26 heavy (non-hydrogen) atoms. The smallest absolute Gasteiger partial charge is 0.258 e. The number of nitrogens with zero attached hydrogens (tertiary/aromatic N) is 1. The zero-order valence-electron chi connectivity index (χ0n) is 14.5. The van der Waals surface area contributed by atoms with Crippen molar-refractivity contribution in [1.82, 2.24) is 0 Å². The Balaban J connectivity index is 2.39. The quantitative estimate of drug-likeness (QED) is 0.757. The van der Waals surface area contributed by atoms with E-state index >= 15 is 0 Å². The van der Waals surface area contributed by atoms with Gasteiger partial charge >= 0.3 is 0 Å². The third-order valence-electron chi connectivity index (χ3n) is 3.88. The third-order valence-corrected chi connectivity index (χ3v) is 3.88. The zero-order valence-corrected chi connectivity index (χ0v) is 14.5. The average Bonchev–Trinajstić information content (AvgIpc) is 2.55. The van der Waals surface area contributed by atoms with Crippen LogP contribution >= 0.6 is 0 Å². The molecule has 0 heterocycles. The van der Waals surface area contributed by atoms with Gasteiger partial charge in [-0.2, -0.15) is 0 Å². The first kappa shape index (κ1) is 19.4. The van der Waals surface area contributed by atoms with E-state index < -0.39 is 35.0 Å². The lowest BCUT2D eigenvalue weighted by Gasteiger charge is -2.15. The molecule has 0 fully saturated rings. The molecule has 0 aliphatic heterocycles. The molecule has 0 saturated carbocycles. The van der Waals surface area contributed by atoms with Crippen molar-refractivity contribution in [3.05, 3.63) is 64.5 Å². The minimum Gasteiger partial charge on any atom is -0.319 e. The molecule has 2 N–H and O–H groups in total. The number of hydrogen-bond donors (Lipinski definition) is 2. The van der Waals surface area contributed by atoms with E-state index in [1.54, 1.807) is 13.0 Å². The maximum atomic E-state index is 14.4. The van der Waals surface area contributed by atoms with Gasteiger partial charge in [-0.05, 0) is 31.5 Å². The Kier molecular flexibility index (Phi) is 5.92. The van der Waals surface area contributed by atoms with Crippen LogP contribution in [0.4, 0.5) is 18.9 Å². The van der Waals surface area contributed by atoms with Crippen molar-refractivity contribution in [1.29, 1.82) is 5.41 Å². The Morgan fingerprint density at radius 2 is 1.88 bits per heavy atom. The fourth-order valence-corrected chi connectivity index (χ4v) is 2.58. The van der Waals surface area contributed by atoms with Crippen LogP contribution < -0.4 is 5.32 Å². The lowest BCUT2D eigenvalue weighted by atomic mass is 9.95. The molecule has 0 aliphatic carbocycles. The summed E-state index contributed by atoms with van der Waals surface area (Å²) in [5.41, 5.74) is -0.247. The number of aliphatic imine (C=N–C) groups is 1. The highest BCUT2D eigenvalue weighted by Crippen LogP contribution is 2.26. The number of anilines is 1. The van der Waals surface area contributed by atoms with Gasteiger partial charge in [0.2, 0.25) is 0 Å². The van der Waals surface area contributed by atoms with Crippen molar-refractivity contribution in [2.75, 3.05) is 12.4 Å². The van der Waals surface area contributed by atoms with Gasteiger partial charge in [0.05, 0.1) is 17.2 Å². The molecule has 136 valence electrons. The second kappa shape index (κ2) is 7.95. The summed E-state index contributed by atoms with van der Waals surface area (Å²) in [7, 11) is 1.47. The van der Waals surface area contributed by atoms with E-state index in [4.69, 9.17) is 5.41 Å². The fraction of sp³-hybridized carbons (Fsp3) is 0.211. The molecule has 4 nitrogen and oxygen atoms in total. The highest BCUT2D eigenvalue weighted by molar-refractivity contribution is 6.05. The van der Waals surface area contributed by atoms with Crippen LogP contribution in [0.5, 0.6) is 0 Å². The Labute approximate surface area is 149 Å². The molecule has 0 bridgehead atoms. The van der Waals surface area contributed by atoms with Gasteiger partial charge in [0, 0.05) is 30.6 Å². The number of halogens is 3. The molecule has 0 aliphatic rings. The van der Waals surface area contributed by atoms with Crippen molar-refractivity contribution in [3.63, 3.8) is 0 Å². The van der Waals surface area contributed by atoms with Gasteiger partial charge in [-0.25, -0.2) is 13.2 Å². The molecule has 2 aromatic carbocycles. The molecule has 0 radical (unpaired) electrons. The van der Waals surface area contributed by atoms with Crippen LogP contribution in [0.3, 0.4) is 0 Å². The van der Waals surface area contributed by atoms with Gasteiger partial charge in [-0.1, -0.05) is 12.1 Å². The molecule has 1 atom stereocenters. The van der Waals surface area contributed by atoms with Gasteiger partial charge in [0.25, 0.3) is 5.91 Å². The Morgan fingerprint density at radius 1 is 1.19 bits per heavy atom. The van der Waals surface area contributed by atoms with Crippen molar-refractivity contribution in [3.8, 4) is 0 Å². The Morgan fingerprint density at radius 3 is 2.46 bits per heavy atom. The van der Waals surface area contributed by atoms with Crippen LogP contribution in [-0.4, -0.2) is 24.9 Å². The maximum Gasteiger partial charge on any atom is 0.258 e. The summed E-state index contributed by atoms with van der Waals surface area (Å²) >= 11 is 0. The topological polar surface area (TPSA) is 65.3 Å². The van der Waals surface area contributed by atoms with Crippen LogP contribution in [0, 0.1) is 29.8 Å². The van der Waals surface area contributed by atoms with Crippen molar-refractivity contribution in [2.45, 2.75) is 19.8 Å². The van der Waals surface area contributed by atoms with Gasteiger partial charge in [0.1, 0.15) is 17.5 Å². The number of benzene rings is 2. The summed E-state index contributed by atoms with van der Waals surface area (Å²) in [6.07, 6.45) is 1.33. The highest BCUT2D eigenvalue weighted by atomic mass is 19.1. The first-order valence-corrected chi connectivity index (χ1v) is 7.79. The van der Waals surface area contributed by atoms with Crippen LogP contribution in [-0.2, 0) is 0 Å². The summed E-state index contributed by atoms with van der Waals surface area (Å²) in [6.45, 7) is 3.00. The minimum atomic E-state index is -0.889. The molecule has 0 saturated heterocycles. The van der Waals surface area contributed by atoms with Gasteiger partial charge in [0.15, 0.2) is 0 Å². The number of carbonyl (C=O) groups is 1. The standard InChI is InChI=1S/C19H18F3N3O/c1-10-5-4-6-14(20)18(10)19(26)25-17-8-15(21)12(7-16(17)22)13(9-24-3)11(2)23/h4-9,13,23H,1-3H3,(H,25,26). The SMILES string of the molecule is CN=CC(C(C)=N)c1cc(F)c(NC(=O)c2c(C)cccc2F)cc1F. The van der Waals surface area contributed by atoms with E-state index in [0.29, 0.717) is 5.56 Å². The molecule has 2 rings (SSSR count). The second-order valence-electron chi connectivity index (χ2n) is 5.81. The first-order valence-electron chi connectivity index (χ1n) is 7.79. The maximum absolute atomic E-state index is 14.4. The summed E-state index contributed by atoms with van der Waals surface area (Å²) in [5.74, 6) is -4.13. The number of hydrogen-bond acceptors (Lipinski definition) is 3. The molecule has 1 unspecified atom stereocenters. The van der Waals surface area contributed by atoms with Crippen molar-refractivity contribution < 1.29 is 18.0 Å². The van der Waals surface area contributed by atoms with Gasteiger partial charge in [-0.15, -0.1) is 0 Å². The van der Waals surface area contributed by atoms with Crippen molar-refractivity contribution in [2.24, 2.45) is 4.99 Å². The van der Waals surface area contributed by atoms with E-state index in [2.05, 4.69) is 10.3 Å². The molecule has 0 aromatic heterocycles. The van der Waals surface area contributed by atoms with Crippen molar-refractivity contribution >= 4 is 23.5 Å². The van der Waals surface area contributed by atoms with E-state index in [1.165, 1.54) is 26.3 Å². The largest absolute Gasteiger partial charge is 0.319 e. The molecule has 2 aromatic rings. The van der Waals surface area contributed by atoms with Gasteiger partial charge in [-0.3, -0.25) is 9.79 Å². The minimum absolute atomic E-state index is 0.0688. The molecule has 7 heteroatoms. The number of rotatable bonds is 5. The summed E-state index contributed by atoms with van der Waals surface area (Å²) in [6, 6.07) is 5.83. The highest BCUT2D eigenvalue weighted by Gasteiger charge is 2.21. The third kappa shape index (κ3) is 3.99. The molecular weight excluding hydrogens is 343 g/mol. The normalized spacial score (nSPS) is 12.2. The lowest BCUT2D eigenvalue weighted by Crippen LogP contribution is -2.18. The van der Waals surface area contributed by atoms with Crippen LogP contribution in [0.15, 0.2) is 35.3 Å². The predicted molar refractivity (Wildman–Crippen MR) is 96.0 cm³/mol. The first-order chi connectivity index (χ1) is 12.3. The number of carbonyl (C=O) groups excluding carboxylic acids is 1. The number of amides is 1. The molecule has 0 spiro atoms. The molecular formula is C19H18F3N3O. The summed E-state index contributed by atoms with van der Waals surface area (Å²) < 4.78 is 42.7. The lowest BCUT2D eigenvalue weighted by molar-refractivity contribution is 0.102. The number of aryl methyl sites for hydroxylation is 1. The fourth-order valence-electron chi connectivity index (χ4n) is 2.58. The Hall–Kier alpha value is -2.96. The summed E-state index contributed by atoms with van der Waals surface area (Å²) in [4.78, 5) is 16.0. The summed E-state index contributed by atoms with van der Waals surface area (Å²) in [5, 5.41) is 9.89. The zero-order chi connectivity index (χ0) is 19.4. The average molecular weight is 361 g/mol. The Bertz CT molecular complexity index is 874. The van der Waals surface area contributed by atoms with Crippen LogP contribution in [0.25, 0.3) is 0 Å². The van der Waals surface area contributed by atoms with E-state index in [0.717, 1.165) is 18.2 Å². The van der Waals surface area contributed by atoms with Crippen LogP contribution in [0.2, 0.25) is 0 Å². The van der Waals surface area contributed by atoms with Crippen LogP contribution in [0.1, 0.15) is 34.3 Å². The monoisotopic (exact) mass is 361 g/mol. The predicted octanol–water partition coefficient (Wildman–Crippen LogP) is 4.49. The van der Waals surface area contributed by atoms with E-state index in [1.807, 2.05) is 0 Å². The van der Waals surface area contributed by atoms with E-state index in [-0.39, 0.29) is 16.8 Å². The van der Waals surface area contributed by atoms with E-state index in [9.17, 15) is 18.0 Å². The number of nitrogens with one attached hydrogen (secondary N) is 2.